The van der Waals surface area contributed by atoms with E-state index < -0.39 is 0 Å². The van der Waals surface area contributed by atoms with Gasteiger partial charge in [0, 0.05) is 11.1 Å². The summed E-state index contributed by atoms with van der Waals surface area (Å²) in [5.41, 5.74) is 6.07. The van der Waals surface area contributed by atoms with Gasteiger partial charge in [0.05, 0.1) is 6.42 Å². The third kappa shape index (κ3) is 3.05. The topological polar surface area (TPSA) is 29.1 Å². The number of aryl methyl sites for hydroxylation is 2. The standard InChI is InChI=1S/C23H23NO/c1-15(2)17-8-6-16(7-9-17)14-22(25)24-21-13-12-19-11-10-18-4-3-5-20(21)23(18)19/h3-9,12-13,15H,10-11,14H2,1-2H3,(H,24,25). The lowest BCUT2D eigenvalue weighted by atomic mass is 10.0. The first-order valence-electron chi connectivity index (χ1n) is 9.04. The van der Waals surface area contributed by atoms with Crippen LogP contribution >= 0.6 is 0 Å². The van der Waals surface area contributed by atoms with Gasteiger partial charge < -0.3 is 5.32 Å². The smallest absolute Gasteiger partial charge is 0.228 e. The molecule has 126 valence electrons. The lowest BCUT2D eigenvalue weighted by molar-refractivity contribution is -0.115. The van der Waals surface area contributed by atoms with Crippen LogP contribution in [0.4, 0.5) is 5.69 Å². The van der Waals surface area contributed by atoms with Crippen molar-refractivity contribution in [2.45, 2.75) is 39.0 Å². The Hall–Kier alpha value is -2.61. The molecular formula is C23H23NO. The predicted octanol–water partition coefficient (Wildman–Crippen LogP) is 5.24. The Balaban J connectivity index is 1.54. The Labute approximate surface area is 148 Å². The molecule has 1 amide bonds. The first-order valence-corrected chi connectivity index (χ1v) is 9.04. The molecule has 1 N–H and O–H groups in total. The fraction of sp³-hybridized carbons (Fsp3) is 0.261. The summed E-state index contributed by atoms with van der Waals surface area (Å²) in [6, 6.07) is 19.0. The van der Waals surface area contributed by atoms with Gasteiger partial charge in [-0.15, -0.1) is 0 Å². The van der Waals surface area contributed by atoms with Gasteiger partial charge in [0.15, 0.2) is 0 Å². The molecule has 0 bridgehead atoms. The van der Waals surface area contributed by atoms with Crippen molar-refractivity contribution in [1.82, 2.24) is 0 Å². The van der Waals surface area contributed by atoms with Crippen molar-refractivity contribution in [2.75, 3.05) is 5.32 Å². The Morgan fingerprint density at radius 3 is 2.40 bits per heavy atom. The normalized spacial score (nSPS) is 12.8. The molecular weight excluding hydrogens is 306 g/mol. The van der Waals surface area contributed by atoms with Gasteiger partial charge >= 0.3 is 0 Å². The number of carbonyl (C=O) groups excluding carboxylic acids is 1. The predicted molar refractivity (Wildman–Crippen MR) is 104 cm³/mol. The number of benzene rings is 3. The minimum atomic E-state index is 0.0380. The van der Waals surface area contributed by atoms with Crippen LogP contribution in [0.5, 0.6) is 0 Å². The summed E-state index contributed by atoms with van der Waals surface area (Å²) in [6.45, 7) is 4.36. The third-order valence-corrected chi connectivity index (χ3v) is 5.16. The molecule has 2 heteroatoms. The Bertz CT molecular complexity index is 928. The molecule has 0 fully saturated rings. The molecule has 3 aromatic rings. The Morgan fingerprint density at radius 1 is 0.960 bits per heavy atom. The molecule has 1 aliphatic rings. The van der Waals surface area contributed by atoms with Gasteiger partial charge in [0.1, 0.15) is 0 Å². The Kier molecular flexibility index (Phi) is 4.04. The summed E-state index contributed by atoms with van der Waals surface area (Å²) < 4.78 is 0. The molecule has 0 heterocycles. The van der Waals surface area contributed by atoms with Crippen LogP contribution in [0.25, 0.3) is 10.8 Å². The van der Waals surface area contributed by atoms with Crippen molar-refractivity contribution >= 4 is 22.4 Å². The second-order valence-corrected chi connectivity index (χ2v) is 7.23. The van der Waals surface area contributed by atoms with Gasteiger partial charge in [-0.3, -0.25) is 4.79 Å². The highest BCUT2D eigenvalue weighted by Gasteiger charge is 2.16. The van der Waals surface area contributed by atoms with Crippen LogP contribution < -0.4 is 5.32 Å². The average molecular weight is 329 g/mol. The van der Waals surface area contributed by atoms with Crippen molar-refractivity contribution in [3.63, 3.8) is 0 Å². The quantitative estimate of drug-likeness (QED) is 0.696. The molecule has 0 saturated carbocycles. The second-order valence-electron chi connectivity index (χ2n) is 7.23. The average Bonchev–Trinajstić information content (AvgIpc) is 3.03. The molecule has 0 saturated heterocycles. The van der Waals surface area contributed by atoms with Gasteiger partial charge in [0.2, 0.25) is 5.91 Å². The van der Waals surface area contributed by atoms with E-state index >= 15 is 0 Å². The molecule has 3 aromatic carbocycles. The maximum absolute atomic E-state index is 12.5. The summed E-state index contributed by atoms with van der Waals surface area (Å²) in [6.07, 6.45) is 2.61. The first kappa shape index (κ1) is 15.9. The van der Waals surface area contributed by atoms with Crippen LogP contribution in [0.1, 0.15) is 42.0 Å². The summed E-state index contributed by atoms with van der Waals surface area (Å²) in [5.74, 6) is 0.549. The zero-order valence-corrected chi connectivity index (χ0v) is 14.8. The lowest BCUT2D eigenvalue weighted by Crippen LogP contribution is -2.14. The number of hydrogen-bond acceptors (Lipinski definition) is 1. The Morgan fingerprint density at radius 2 is 1.68 bits per heavy atom. The minimum absolute atomic E-state index is 0.0380. The van der Waals surface area contributed by atoms with E-state index in [2.05, 4.69) is 67.7 Å². The van der Waals surface area contributed by atoms with Crippen LogP contribution in [-0.4, -0.2) is 5.91 Å². The summed E-state index contributed by atoms with van der Waals surface area (Å²) in [4.78, 5) is 12.5. The minimum Gasteiger partial charge on any atom is -0.325 e. The van der Waals surface area contributed by atoms with E-state index in [4.69, 9.17) is 0 Å². The maximum Gasteiger partial charge on any atom is 0.228 e. The van der Waals surface area contributed by atoms with Crippen molar-refractivity contribution in [2.24, 2.45) is 0 Å². The molecule has 2 nitrogen and oxygen atoms in total. The molecule has 4 rings (SSSR count). The van der Waals surface area contributed by atoms with E-state index in [1.54, 1.807) is 0 Å². The van der Waals surface area contributed by atoms with Gasteiger partial charge in [0.25, 0.3) is 0 Å². The highest BCUT2D eigenvalue weighted by Crippen LogP contribution is 2.35. The molecule has 1 aliphatic carbocycles. The van der Waals surface area contributed by atoms with Crippen molar-refractivity contribution in [3.8, 4) is 0 Å². The molecule has 0 radical (unpaired) electrons. The fourth-order valence-electron chi connectivity index (χ4n) is 3.76. The third-order valence-electron chi connectivity index (χ3n) is 5.16. The first-order chi connectivity index (χ1) is 12.1. The van der Waals surface area contributed by atoms with Crippen molar-refractivity contribution in [3.05, 3.63) is 76.9 Å². The van der Waals surface area contributed by atoms with E-state index in [-0.39, 0.29) is 5.91 Å². The molecule has 0 atom stereocenters. The van der Waals surface area contributed by atoms with Crippen LogP contribution in [0, 0.1) is 0 Å². The molecule has 25 heavy (non-hydrogen) atoms. The SMILES string of the molecule is CC(C)c1ccc(CC(=O)Nc2ccc3c4c(cccc24)CC3)cc1. The molecule has 0 aliphatic heterocycles. The highest BCUT2D eigenvalue weighted by molar-refractivity contribution is 6.05. The molecule has 0 spiro atoms. The van der Waals surface area contributed by atoms with Crippen LogP contribution in [0.15, 0.2) is 54.6 Å². The number of amides is 1. The summed E-state index contributed by atoms with van der Waals surface area (Å²) >= 11 is 0. The van der Waals surface area contributed by atoms with Crippen molar-refractivity contribution in [1.29, 1.82) is 0 Å². The zero-order valence-electron chi connectivity index (χ0n) is 14.8. The van der Waals surface area contributed by atoms with E-state index in [0.29, 0.717) is 12.3 Å². The molecule has 0 unspecified atom stereocenters. The van der Waals surface area contributed by atoms with E-state index in [9.17, 15) is 4.79 Å². The van der Waals surface area contributed by atoms with Gasteiger partial charge in [-0.25, -0.2) is 0 Å². The largest absolute Gasteiger partial charge is 0.325 e. The number of rotatable bonds is 4. The summed E-state index contributed by atoms with van der Waals surface area (Å²) in [5, 5.41) is 5.61. The second kappa shape index (κ2) is 6.36. The number of anilines is 1. The van der Waals surface area contributed by atoms with Gasteiger partial charge in [-0.05, 0) is 52.5 Å². The van der Waals surface area contributed by atoms with E-state index in [1.807, 2.05) is 6.07 Å². The van der Waals surface area contributed by atoms with E-state index in [0.717, 1.165) is 29.5 Å². The highest BCUT2D eigenvalue weighted by atomic mass is 16.1. The maximum atomic E-state index is 12.5. The van der Waals surface area contributed by atoms with Crippen LogP contribution in [0.2, 0.25) is 0 Å². The van der Waals surface area contributed by atoms with Gasteiger partial charge in [-0.2, -0.15) is 0 Å². The van der Waals surface area contributed by atoms with Crippen molar-refractivity contribution < 1.29 is 4.79 Å². The molecule has 0 aromatic heterocycles. The fourth-order valence-corrected chi connectivity index (χ4v) is 3.76. The number of nitrogens with one attached hydrogen (secondary N) is 1. The lowest BCUT2D eigenvalue weighted by Gasteiger charge is -2.11. The monoisotopic (exact) mass is 329 g/mol. The van der Waals surface area contributed by atoms with E-state index in [1.165, 1.54) is 22.1 Å². The number of carbonyl (C=O) groups is 1. The van der Waals surface area contributed by atoms with Crippen LogP contribution in [0.3, 0.4) is 0 Å². The number of hydrogen-bond donors (Lipinski definition) is 1. The van der Waals surface area contributed by atoms with Crippen LogP contribution in [-0.2, 0) is 24.1 Å². The zero-order chi connectivity index (χ0) is 17.4. The summed E-state index contributed by atoms with van der Waals surface area (Å²) in [7, 11) is 0. The van der Waals surface area contributed by atoms with Gasteiger partial charge in [-0.1, -0.05) is 62.4 Å².